The first-order valence-electron chi connectivity index (χ1n) is 12.0. The van der Waals surface area contributed by atoms with Gasteiger partial charge in [-0.15, -0.1) is 0 Å². The lowest BCUT2D eigenvalue weighted by molar-refractivity contribution is 0.171. The molecule has 2 aromatic carbocycles. The molecule has 0 atom stereocenters. The van der Waals surface area contributed by atoms with Crippen LogP contribution in [0.15, 0.2) is 48.6 Å². The molecular weight excluding hydrogens is 352 g/mol. The van der Waals surface area contributed by atoms with Gasteiger partial charge < -0.3 is 4.74 Å². The highest BCUT2D eigenvalue weighted by Gasteiger charge is 2.30. The zero-order valence-corrected chi connectivity index (χ0v) is 18.4. The maximum atomic E-state index is 5.37. The number of fused-ring (bicyclic) bond motifs is 1. The molecular formula is C28H38O. The normalized spacial score (nSPS) is 28.1. The Balaban J connectivity index is 1.30. The van der Waals surface area contributed by atoms with Crippen LogP contribution in [0.3, 0.4) is 0 Å². The molecule has 29 heavy (non-hydrogen) atoms. The van der Waals surface area contributed by atoms with E-state index in [1.54, 1.807) is 12.7 Å². The van der Waals surface area contributed by atoms with Crippen molar-refractivity contribution in [3.8, 4) is 5.75 Å². The average Bonchev–Trinajstić information content (AvgIpc) is 2.79. The Morgan fingerprint density at radius 1 is 0.828 bits per heavy atom. The van der Waals surface area contributed by atoms with Gasteiger partial charge in [-0.3, -0.25) is 0 Å². The minimum absolute atomic E-state index is 0.756. The fourth-order valence-electron chi connectivity index (χ4n) is 5.81. The lowest BCUT2D eigenvalue weighted by Gasteiger charge is -2.37. The van der Waals surface area contributed by atoms with Crippen LogP contribution < -0.4 is 4.74 Å². The van der Waals surface area contributed by atoms with E-state index in [9.17, 15) is 0 Å². The van der Waals surface area contributed by atoms with Gasteiger partial charge in [0.15, 0.2) is 0 Å². The molecule has 0 spiro atoms. The van der Waals surface area contributed by atoms with Crippen molar-refractivity contribution >= 4 is 10.8 Å². The quantitative estimate of drug-likeness (QED) is 0.451. The molecule has 0 saturated heterocycles. The molecule has 0 N–H and O–H groups in total. The third-order valence-corrected chi connectivity index (χ3v) is 7.66. The average molecular weight is 391 g/mol. The number of unbranched alkanes of at least 4 members (excludes halogenated alkanes) is 1. The summed E-state index contributed by atoms with van der Waals surface area (Å²) in [5.74, 6) is 4.55. The Morgan fingerprint density at radius 2 is 1.48 bits per heavy atom. The smallest absolute Gasteiger partial charge is 0.119 e. The van der Waals surface area contributed by atoms with Gasteiger partial charge in [-0.2, -0.15) is 0 Å². The first kappa shape index (κ1) is 20.5. The van der Waals surface area contributed by atoms with Gasteiger partial charge in [0.1, 0.15) is 5.75 Å². The van der Waals surface area contributed by atoms with Gasteiger partial charge in [-0.05, 0) is 110 Å². The van der Waals surface area contributed by atoms with Crippen LogP contribution in [-0.2, 0) is 0 Å². The number of hydrogen-bond donors (Lipinski definition) is 0. The second-order valence-electron chi connectivity index (χ2n) is 9.48. The largest absolute Gasteiger partial charge is 0.497 e. The van der Waals surface area contributed by atoms with Gasteiger partial charge in [-0.1, -0.05) is 49.8 Å². The van der Waals surface area contributed by atoms with Crippen LogP contribution in [0.4, 0.5) is 0 Å². The van der Waals surface area contributed by atoms with Gasteiger partial charge in [0.05, 0.1) is 7.11 Å². The molecule has 0 heterocycles. The monoisotopic (exact) mass is 390 g/mol. The molecule has 2 aliphatic carbocycles. The van der Waals surface area contributed by atoms with Crippen molar-refractivity contribution < 1.29 is 4.74 Å². The molecule has 4 rings (SSSR count). The van der Waals surface area contributed by atoms with Gasteiger partial charge in [-0.25, -0.2) is 0 Å². The Labute approximate surface area is 177 Å². The zero-order valence-electron chi connectivity index (χ0n) is 18.4. The van der Waals surface area contributed by atoms with E-state index in [1.807, 2.05) is 0 Å². The zero-order chi connectivity index (χ0) is 20.1. The fourth-order valence-corrected chi connectivity index (χ4v) is 5.81. The summed E-state index contributed by atoms with van der Waals surface area (Å²) < 4.78 is 5.37. The molecule has 1 heteroatoms. The predicted octanol–water partition coefficient (Wildman–Crippen LogP) is 8.28. The topological polar surface area (TPSA) is 9.23 Å². The van der Waals surface area contributed by atoms with Gasteiger partial charge in [0.2, 0.25) is 0 Å². The lowest BCUT2D eigenvalue weighted by Crippen LogP contribution is -2.25. The molecule has 0 aliphatic heterocycles. The first-order valence-corrected chi connectivity index (χ1v) is 12.0. The minimum atomic E-state index is 0.756. The first-order chi connectivity index (χ1) is 14.3. The van der Waals surface area contributed by atoms with Crippen LogP contribution in [-0.4, -0.2) is 7.11 Å². The summed E-state index contributed by atoms with van der Waals surface area (Å²) in [6.07, 6.45) is 18.9. The second-order valence-corrected chi connectivity index (χ2v) is 9.48. The van der Waals surface area contributed by atoms with E-state index in [4.69, 9.17) is 4.74 Å². The van der Waals surface area contributed by atoms with Gasteiger partial charge >= 0.3 is 0 Å². The van der Waals surface area contributed by atoms with E-state index >= 15 is 0 Å². The second kappa shape index (κ2) is 9.83. The number of allylic oxidation sites excluding steroid dienone is 2. The Bertz CT molecular complexity index is 804. The molecule has 2 fully saturated rings. The van der Waals surface area contributed by atoms with Crippen LogP contribution in [0.25, 0.3) is 10.8 Å². The number of rotatable bonds is 6. The highest BCUT2D eigenvalue weighted by Crippen LogP contribution is 2.44. The summed E-state index contributed by atoms with van der Waals surface area (Å²) in [7, 11) is 1.74. The summed E-state index contributed by atoms with van der Waals surface area (Å²) in [5.41, 5.74) is 1.55. The van der Waals surface area contributed by atoms with Crippen LogP contribution in [0, 0.1) is 17.8 Å². The standard InChI is InChI=1S/C28H38O/c1-3-4-5-6-21-7-9-22(10-8-21)23-11-13-24(14-12-23)25-15-16-27-20-28(29-2)18-17-26(27)19-25/h5-6,15-24H,3-4,7-14H2,1-2H3/b6-5+. The molecule has 2 aromatic rings. The minimum Gasteiger partial charge on any atom is -0.497 e. The van der Waals surface area contributed by atoms with Crippen LogP contribution >= 0.6 is 0 Å². The predicted molar refractivity (Wildman–Crippen MR) is 125 cm³/mol. The van der Waals surface area contributed by atoms with E-state index in [-0.39, 0.29) is 0 Å². The Kier molecular flexibility index (Phi) is 6.95. The van der Waals surface area contributed by atoms with Crippen LogP contribution in [0.1, 0.15) is 82.6 Å². The van der Waals surface area contributed by atoms with Crippen LogP contribution in [0.2, 0.25) is 0 Å². The molecule has 156 valence electrons. The number of benzene rings is 2. The maximum Gasteiger partial charge on any atom is 0.119 e. The third-order valence-electron chi connectivity index (χ3n) is 7.66. The highest BCUT2D eigenvalue weighted by molar-refractivity contribution is 5.84. The summed E-state index contributed by atoms with van der Waals surface area (Å²) >= 11 is 0. The molecule has 0 bridgehead atoms. The molecule has 2 saturated carbocycles. The molecule has 2 aliphatic rings. The van der Waals surface area contributed by atoms with Gasteiger partial charge in [0, 0.05) is 0 Å². The fraction of sp³-hybridized carbons (Fsp3) is 0.571. The van der Waals surface area contributed by atoms with Gasteiger partial charge in [0.25, 0.3) is 0 Å². The van der Waals surface area contributed by atoms with E-state index in [0.29, 0.717) is 0 Å². The molecule has 1 nitrogen and oxygen atoms in total. The van der Waals surface area contributed by atoms with E-state index in [0.717, 1.165) is 29.4 Å². The maximum absolute atomic E-state index is 5.37. The van der Waals surface area contributed by atoms with E-state index < -0.39 is 0 Å². The van der Waals surface area contributed by atoms with Crippen molar-refractivity contribution in [1.82, 2.24) is 0 Å². The van der Waals surface area contributed by atoms with Crippen molar-refractivity contribution in [2.24, 2.45) is 17.8 Å². The van der Waals surface area contributed by atoms with Crippen molar-refractivity contribution in [1.29, 1.82) is 0 Å². The number of hydrogen-bond acceptors (Lipinski definition) is 1. The molecule has 0 amide bonds. The number of ether oxygens (including phenoxy) is 1. The van der Waals surface area contributed by atoms with Crippen molar-refractivity contribution in [2.45, 2.75) is 77.0 Å². The highest BCUT2D eigenvalue weighted by atomic mass is 16.5. The summed E-state index contributed by atoms with van der Waals surface area (Å²) in [6, 6.07) is 13.5. The third kappa shape index (κ3) is 5.05. The summed E-state index contributed by atoms with van der Waals surface area (Å²) in [4.78, 5) is 0. The van der Waals surface area contributed by atoms with Crippen LogP contribution in [0.5, 0.6) is 5.75 Å². The molecule has 0 aromatic heterocycles. The molecule has 0 unspecified atom stereocenters. The summed E-state index contributed by atoms with van der Waals surface area (Å²) in [5, 5.41) is 2.63. The van der Waals surface area contributed by atoms with E-state index in [2.05, 4.69) is 55.5 Å². The number of methoxy groups -OCH3 is 1. The van der Waals surface area contributed by atoms with Crippen molar-refractivity contribution in [3.63, 3.8) is 0 Å². The van der Waals surface area contributed by atoms with Crippen molar-refractivity contribution in [2.75, 3.05) is 7.11 Å². The summed E-state index contributed by atoms with van der Waals surface area (Å²) in [6.45, 7) is 2.27. The van der Waals surface area contributed by atoms with Crippen molar-refractivity contribution in [3.05, 3.63) is 54.1 Å². The Morgan fingerprint density at radius 3 is 2.17 bits per heavy atom. The SMILES string of the molecule is CCC/C=C/C1CCC(C2CCC(c3ccc4cc(OC)ccc4c3)CC2)CC1. The lowest BCUT2D eigenvalue weighted by atomic mass is 9.68. The van der Waals surface area contributed by atoms with E-state index in [1.165, 1.54) is 75.0 Å². The Hall–Kier alpha value is -1.76. The molecule has 0 radical (unpaired) electrons.